The summed E-state index contributed by atoms with van der Waals surface area (Å²) in [6, 6.07) is 5.37. The molecule has 2 N–H and O–H groups in total. The van der Waals surface area contributed by atoms with Gasteiger partial charge in [0.2, 0.25) is 0 Å². The van der Waals surface area contributed by atoms with E-state index in [1.165, 1.54) is 14.2 Å². The van der Waals surface area contributed by atoms with Crippen LogP contribution in [-0.2, 0) is 16.1 Å². The lowest BCUT2D eigenvalue weighted by atomic mass is 9.97. The molecule has 2 rings (SSSR count). The van der Waals surface area contributed by atoms with Crippen molar-refractivity contribution in [2.75, 3.05) is 33.9 Å². The van der Waals surface area contributed by atoms with Gasteiger partial charge in [-0.2, -0.15) is 0 Å². The van der Waals surface area contributed by atoms with Crippen molar-refractivity contribution >= 4 is 11.9 Å². The molecule has 1 fully saturated rings. The first kappa shape index (κ1) is 18.9. The van der Waals surface area contributed by atoms with Crippen LogP contribution in [-0.4, -0.2) is 55.8 Å². The molecule has 0 bridgehead atoms. The molecule has 1 aliphatic rings. The summed E-state index contributed by atoms with van der Waals surface area (Å²) in [6.45, 7) is 4.60. The van der Waals surface area contributed by atoms with Gasteiger partial charge in [0.05, 0.1) is 26.7 Å². The van der Waals surface area contributed by atoms with Gasteiger partial charge in [0.25, 0.3) is 0 Å². The van der Waals surface area contributed by atoms with Gasteiger partial charge >= 0.3 is 5.97 Å². The van der Waals surface area contributed by atoms with Crippen LogP contribution in [0.4, 0.5) is 0 Å². The van der Waals surface area contributed by atoms with Crippen molar-refractivity contribution in [3.8, 4) is 11.5 Å². The van der Waals surface area contributed by atoms with Crippen LogP contribution in [0.25, 0.3) is 0 Å². The molecule has 0 aliphatic carbocycles. The Labute approximate surface area is 148 Å². The summed E-state index contributed by atoms with van der Waals surface area (Å²) >= 11 is 0. The van der Waals surface area contributed by atoms with Crippen LogP contribution >= 0.6 is 0 Å². The quantitative estimate of drug-likeness (QED) is 0.479. The first-order valence-electron chi connectivity index (χ1n) is 8.56. The maximum Gasteiger partial charge on any atom is 0.308 e. The molecule has 0 unspecified atom stereocenters. The Kier molecular flexibility index (Phi) is 6.91. The maximum atomic E-state index is 11.7. The number of hydrogen-bond donors (Lipinski definition) is 2. The average Bonchev–Trinajstić information content (AvgIpc) is 2.65. The molecular formula is C18H27N3O4. The van der Waals surface area contributed by atoms with E-state index in [4.69, 9.17) is 9.47 Å². The van der Waals surface area contributed by atoms with E-state index in [0.717, 1.165) is 38.4 Å². The Morgan fingerprint density at radius 2 is 2.08 bits per heavy atom. The third kappa shape index (κ3) is 4.78. The Morgan fingerprint density at radius 3 is 2.68 bits per heavy atom. The molecule has 0 spiro atoms. The molecular weight excluding hydrogens is 322 g/mol. The highest BCUT2D eigenvalue weighted by molar-refractivity contribution is 5.80. The lowest BCUT2D eigenvalue weighted by molar-refractivity contribution is -0.146. The number of nitrogens with one attached hydrogen (secondary N) is 1. The largest absolute Gasteiger partial charge is 0.504 e. The van der Waals surface area contributed by atoms with Crippen LogP contribution in [0, 0.1) is 5.92 Å². The van der Waals surface area contributed by atoms with Gasteiger partial charge in [0.15, 0.2) is 17.5 Å². The van der Waals surface area contributed by atoms with Gasteiger partial charge in [-0.05, 0) is 25.8 Å². The smallest absolute Gasteiger partial charge is 0.308 e. The molecule has 1 saturated heterocycles. The van der Waals surface area contributed by atoms with E-state index in [2.05, 4.69) is 15.2 Å². The molecule has 0 aromatic heterocycles. The fraction of sp³-hybridized carbons (Fsp3) is 0.556. The number of benzene rings is 1. The molecule has 25 heavy (non-hydrogen) atoms. The van der Waals surface area contributed by atoms with Gasteiger partial charge in [-0.25, -0.2) is 4.99 Å². The first-order valence-corrected chi connectivity index (χ1v) is 8.56. The molecule has 7 nitrogen and oxygen atoms in total. The second kappa shape index (κ2) is 9.15. The number of methoxy groups -OCH3 is 2. The normalized spacial score (nSPS) is 15.8. The van der Waals surface area contributed by atoms with Crippen LogP contribution in [0.1, 0.15) is 25.3 Å². The van der Waals surface area contributed by atoms with Crippen molar-refractivity contribution in [2.45, 2.75) is 26.3 Å². The van der Waals surface area contributed by atoms with Gasteiger partial charge in [-0.3, -0.25) is 4.79 Å². The number of piperidine rings is 1. The lowest BCUT2D eigenvalue weighted by Gasteiger charge is -2.33. The number of nitrogens with zero attached hydrogens (tertiary/aromatic N) is 2. The Hall–Kier alpha value is -2.44. The SMILES string of the molecule is CCNC(=NCc1cccc(OC)c1O)N1CCC(C(=O)OC)CC1. The highest BCUT2D eigenvalue weighted by Gasteiger charge is 2.27. The maximum absolute atomic E-state index is 11.7. The highest BCUT2D eigenvalue weighted by atomic mass is 16.5. The number of carbonyl (C=O) groups excluding carboxylic acids is 1. The van der Waals surface area contributed by atoms with Gasteiger partial charge in [0, 0.05) is 25.2 Å². The van der Waals surface area contributed by atoms with E-state index >= 15 is 0 Å². The summed E-state index contributed by atoms with van der Waals surface area (Å²) in [6.07, 6.45) is 1.50. The number of hydrogen-bond acceptors (Lipinski definition) is 5. The molecule has 1 aromatic rings. The zero-order chi connectivity index (χ0) is 18.2. The Bertz CT molecular complexity index is 610. The van der Waals surface area contributed by atoms with Crippen molar-refractivity contribution in [2.24, 2.45) is 10.9 Å². The predicted octanol–water partition coefficient (Wildman–Crippen LogP) is 1.75. The summed E-state index contributed by atoms with van der Waals surface area (Å²) in [4.78, 5) is 18.4. The number of aromatic hydroxyl groups is 1. The summed E-state index contributed by atoms with van der Waals surface area (Å²) in [7, 11) is 2.96. The molecule has 0 atom stereocenters. The lowest BCUT2D eigenvalue weighted by Crippen LogP contribution is -2.46. The summed E-state index contributed by atoms with van der Waals surface area (Å²) < 4.78 is 9.96. The Morgan fingerprint density at radius 1 is 1.36 bits per heavy atom. The third-order valence-corrected chi connectivity index (χ3v) is 4.37. The molecule has 0 radical (unpaired) electrons. The van der Waals surface area contributed by atoms with Crippen molar-refractivity contribution in [1.82, 2.24) is 10.2 Å². The van der Waals surface area contributed by atoms with Crippen molar-refractivity contribution in [1.29, 1.82) is 0 Å². The second-order valence-corrected chi connectivity index (χ2v) is 5.92. The minimum atomic E-state index is -0.136. The van der Waals surface area contributed by atoms with Crippen molar-refractivity contribution in [3.05, 3.63) is 23.8 Å². The number of para-hydroxylation sites is 1. The first-order chi connectivity index (χ1) is 12.1. The number of ether oxygens (including phenoxy) is 2. The van der Waals surface area contributed by atoms with Gasteiger partial charge in [-0.1, -0.05) is 12.1 Å². The van der Waals surface area contributed by atoms with Crippen molar-refractivity contribution in [3.63, 3.8) is 0 Å². The van der Waals surface area contributed by atoms with Crippen LogP contribution in [0.3, 0.4) is 0 Å². The fourth-order valence-electron chi connectivity index (χ4n) is 2.94. The molecule has 1 aromatic carbocycles. The molecule has 1 aliphatic heterocycles. The number of aliphatic imine (C=N–C) groups is 1. The highest BCUT2D eigenvalue weighted by Crippen LogP contribution is 2.29. The van der Waals surface area contributed by atoms with Crippen molar-refractivity contribution < 1.29 is 19.4 Å². The zero-order valence-corrected chi connectivity index (χ0v) is 15.1. The van der Waals surface area contributed by atoms with Crippen LogP contribution in [0.15, 0.2) is 23.2 Å². The van der Waals surface area contributed by atoms with Gasteiger partial charge in [0.1, 0.15) is 0 Å². The van der Waals surface area contributed by atoms with E-state index in [1.54, 1.807) is 6.07 Å². The van der Waals surface area contributed by atoms with E-state index in [1.807, 2.05) is 19.1 Å². The van der Waals surface area contributed by atoms with Crippen LogP contribution in [0.5, 0.6) is 11.5 Å². The van der Waals surface area contributed by atoms with Crippen LogP contribution in [0.2, 0.25) is 0 Å². The third-order valence-electron chi connectivity index (χ3n) is 4.37. The number of phenolic OH excluding ortho intramolecular Hbond substituents is 1. The van der Waals surface area contributed by atoms with Gasteiger partial charge in [-0.15, -0.1) is 0 Å². The molecule has 7 heteroatoms. The van der Waals surface area contributed by atoms with E-state index in [9.17, 15) is 9.90 Å². The minimum absolute atomic E-state index is 0.0356. The summed E-state index contributed by atoms with van der Waals surface area (Å²) in [5, 5.41) is 13.5. The number of esters is 1. The molecule has 0 amide bonds. The standard InChI is InChI=1S/C18H27N3O4/c1-4-19-18(21-10-8-13(9-11-21)17(23)25-3)20-12-14-6-5-7-15(24-2)16(14)22/h5-7,13,22H,4,8-12H2,1-3H3,(H,19,20). The number of carbonyl (C=O) groups is 1. The zero-order valence-electron chi connectivity index (χ0n) is 15.1. The second-order valence-electron chi connectivity index (χ2n) is 5.92. The topological polar surface area (TPSA) is 83.4 Å². The Balaban J connectivity index is 2.06. The van der Waals surface area contributed by atoms with Gasteiger partial charge < -0.3 is 24.8 Å². The average molecular weight is 349 g/mol. The van der Waals surface area contributed by atoms with E-state index in [0.29, 0.717) is 17.9 Å². The van der Waals surface area contributed by atoms with E-state index in [-0.39, 0.29) is 17.6 Å². The molecule has 0 saturated carbocycles. The molecule has 138 valence electrons. The monoisotopic (exact) mass is 349 g/mol. The fourth-order valence-corrected chi connectivity index (χ4v) is 2.94. The number of phenols is 1. The number of rotatable bonds is 5. The number of guanidine groups is 1. The van der Waals surface area contributed by atoms with E-state index < -0.39 is 0 Å². The summed E-state index contributed by atoms with van der Waals surface area (Å²) in [5.41, 5.74) is 0.708. The van der Waals surface area contributed by atoms with Crippen LogP contribution < -0.4 is 10.1 Å². The minimum Gasteiger partial charge on any atom is -0.504 e. The molecule has 1 heterocycles. The number of likely N-dealkylation sites (tertiary alicyclic amines) is 1. The predicted molar refractivity (Wildman–Crippen MR) is 95.8 cm³/mol. The summed E-state index contributed by atoms with van der Waals surface area (Å²) in [5.74, 6) is 1.17.